The maximum atomic E-state index is 10.4. The number of carbonyl (C=O) groups excluding carboxylic acids is 1. The van der Waals surface area contributed by atoms with E-state index < -0.39 is 0 Å². The van der Waals surface area contributed by atoms with Crippen molar-refractivity contribution in [2.75, 3.05) is 13.1 Å². The van der Waals surface area contributed by atoms with Crippen LogP contribution in [-0.2, 0) is 4.79 Å². The Labute approximate surface area is 83.5 Å². The monoisotopic (exact) mass is 190 g/mol. The number of benzene rings is 1. The van der Waals surface area contributed by atoms with Gasteiger partial charge in [-0.25, -0.2) is 0 Å². The first-order valence-electron chi connectivity index (χ1n) is 4.87. The summed E-state index contributed by atoms with van der Waals surface area (Å²) < 4.78 is 0. The van der Waals surface area contributed by atoms with E-state index in [1.165, 1.54) is 5.56 Å². The molecular formula is C11H14N2O. The molecule has 0 spiro atoms. The molecule has 0 saturated carbocycles. The van der Waals surface area contributed by atoms with Crippen LogP contribution in [0.4, 0.5) is 0 Å². The lowest BCUT2D eigenvalue weighted by atomic mass is 9.95. The first-order chi connectivity index (χ1) is 6.92. The summed E-state index contributed by atoms with van der Waals surface area (Å²) >= 11 is 0. The summed E-state index contributed by atoms with van der Waals surface area (Å²) in [6, 6.07) is 10.5. The number of hydrogen-bond donors (Lipinski definition) is 2. The molecule has 1 aliphatic rings. The van der Waals surface area contributed by atoms with E-state index in [0.29, 0.717) is 5.92 Å². The van der Waals surface area contributed by atoms with Gasteiger partial charge in [-0.05, 0) is 5.56 Å². The third kappa shape index (κ3) is 1.77. The van der Waals surface area contributed by atoms with Crippen LogP contribution >= 0.6 is 0 Å². The minimum Gasteiger partial charge on any atom is -0.354 e. The Morgan fingerprint density at radius 2 is 2.07 bits per heavy atom. The fourth-order valence-corrected chi connectivity index (χ4v) is 1.99. The highest BCUT2D eigenvalue weighted by molar-refractivity contribution is 5.47. The molecule has 1 aromatic rings. The van der Waals surface area contributed by atoms with Crippen molar-refractivity contribution in [3.63, 3.8) is 0 Å². The van der Waals surface area contributed by atoms with Gasteiger partial charge in [-0.15, -0.1) is 0 Å². The quantitative estimate of drug-likeness (QED) is 0.681. The molecule has 14 heavy (non-hydrogen) atoms. The maximum Gasteiger partial charge on any atom is 0.207 e. The summed E-state index contributed by atoms with van der Waals surface area (Å²) in [5.41, 5.74) is 1.29. The van der Waals surface area contributed by atoms with E-state index in [-0.39, 0.29) is 6.04 Å². The van der Waals surface area contributed by atoms with Crippen molar-refractivity contribution in [1.82, 2.24) is 10.6 Å². The van der Waals surface area contributed by atoms with Gasteiger partial charge < -0.3 is 10.6 Å². The van der Waals surface area contributed by atoms with E-state index in [4.69, 9.17) is 0 Å². The van der Waals surface area contributed by atoms with Crippen LogP contribution in [-0.4, -0.2) is 25.5 Å². The zero-order valence-electron chi connectivity index (χ0n) is 7.94. The average Bonchev–Trinajstić information content (AvgIpc) is 2.68. The third-order valence-electron chi connectivity index (χ3n) is 2.72. The van der Waals surface area contributed by atoms with Crippen LogP contribution in [0.25, 0.3) is 0 Å². The lowest BCUT2D eigenvalue weighted by molar-refractivity contribution is -0.110. The van der Waals surface area contributed by atoms with E-state index in [0.717, 1.165) is 19.5 Å². The van der Waals surface area contributed by atoms with Crippen LogP contribution in [0.5, 0.6) is 0 Å². The van der Waals surface area contributed by atoms with E-state index >= 15 is 0 Å². The number of carbonyl (C=O) groups is 1. The van der Waals surface area contributed by atoms with E-state index in [1.807, 2.05) is 18.2 Å². The summed E-state index contributed by atoms with van der Waals surface area (Å²) in [5, 5.41) is 6.13. The fourth-order valence-electron chi connectivity index (χ4n) is 1.99. The summed E-state index contributed by atoms with van der Waals surface area (Å²) in [6.45, 7) is 1.80. The Bertz CT molecular complexity index is 299. The first-order valence-corrected chi connectivity index (χ1v) is 4.87. The van der Waals surface area contributed by atoms with Crippen molar-refractivity contribution < 1.29 is 4.79 Å². The van der Waals surface area contributed by atoms with Crippen molar-refractivity contribution in [1.29, 1.82) is 0 Å². The first kappa shape index (κ1) is 9.21. The number of amides is 1. The van der Waals surface area contributed by atoms with Gasteiger partial charge in [-0.1, -0.05) is 30.3 Å². The van der Waals surface area contributed by atoms with Crippen molar-refractivity contribution in [2.24, 2.45) is 0 Å². The van der Waals surface area contributed by atoms with Gasteiger partial charge in [0.1, 0.15) is 0 Å². The standard InChI is InChI=1S/C11H14N2O/c14-8-13-11-7-12-6-10(11)9-4-2-1-3-5-9/h1-5,8,10-12H,6-7H2,(H,13,14). The summed E-state index contributed by atoms with van der Waals surface area (Å²) in [5.74, 6) is 0.404. The highest BCUT2D eigenvalue weighted by Crippen LogP contribution is 2.21. The molecule has 0 radical (unpaired) electrons. The average molecular weight is 190 g/mol. The van der Waals surface area contributed by atoms with Crippen LogP contribution in [0.1, 0.15) is 11.5 Å². The molecule has 1 aliphatic heterocycles. The predicted molar refractivity (Wildman–Crippen MR) is 55.0 cm³/mol. The molecule has 2 rings (SSSR count). The van der Waals surface area contributed by atoms with Crippen LogP contribution in [0, 0.1) is 0 Å². The molecule has 74 valence electrons. The van der Waals surface area contributed by atoms with Gasteiger partial charge in [-0.2, -0.15) is 0 Å². The Balaban J connectivity index is 2.13. The van der Waals surface area contributed by atoms with Gasteiger partial charge in [0.05, 0.1) is 0 Å². The summed E-state index contributed by atoms with van der Waals surface area (Å²) in [6.07, 6.45) is 0.785. The van der Waals surface area contributed by atoms with E-state index in [9.17, 15) is 4.79 Å². The summed E-state index contributed by atoms with van der Waals surface area (Å²) in [4.78, 5) is 10.4. The molecule has 0 aromatic heterocycles. The molecule has 1 saturated heterocycles. The molecule has 1 heterocycles. The molecule has 2 unspecified atom stereocenters. The molecular weight excluding hydrogens is 176 g/mol. The number of hydrogen-bond acceptors (Lipinski definition) is 2. The van der Waals surface area contributed by atoms with Crippen molar-refractivity contribution in [2.45, 2.75) is 12.0 Å². The van der Waals surface area contributed by atoms with Gasteiger partial charge >= 0.3 is 0 Å². The lowest BCUT2D eigenvalue weighted by Crippen LogP contribution is -2.33. The lowest BCUT2D eigenvalue weighted by Gasteiger charge is -2.17. The Hall–Kier alpha value is -1.35. The van der Waals surface area contributed by atoms with Gasteiger partial charge in [0.2, 0.25) is 6.41 Å². The van der Waals surface area contributed by atoms with Crippen LogP contribution in [0.15, 0.2) is 30.3 Å². The number of nitrogens with one attached hydrogen (secondary N) is 2. The molecule has 0 aliphatic carbocycles. The third-order valence-corrected chi connectivity index (χ3v) is 2.72. The predicted octanol–water partition coefficient (Wildman–Crippen LogP) is 0.488. The van der Waals surface area contributed by atoms with E-state index in [1.54, 1.807) is 0 Å². The zero-order valence-corrected chi connectivity index (χ0v) is 7.94. The fraction of sp³-hybridized carbons (Fsp3) is 0.364. The van der Waals surface area contributed by atoms with Gasteiger partial charge in [0, 0.05) is 25.0 Å². The van der Waals surface area contributed by atoms with Crippen molar-refractivity contribution in [3.8, 4) is 0 Å². The Morgan fingerprint density at radius 1 is 1.29 bits per heavy atom. The van der Waals surface area contributed by atoms with Gasteiger partial charge in [0.25, 0.3) is 0 Å². The molecule has 3 nitrogen and oxygen atoms in total. The van der Waals surface area contributed by atoms with Crippen molar-refractivity contribution >= 4 is 6.41 Å². The molecule has 2 N–H and O–H groups in total. The number of rotatable bonds is 3. The molecule has 0 bridgehead atoms. The van der Waals surface area contributed by atoms with Gasteiger partial charge in [-0.3, -0.25) is 4.79 Å². The van der Waals surface area contributed by atoms with Crippen molar-refractivity contribution in [3.05, 3.63) is 35.9 Å². The highest BCUT2D eigenvalue weighted by Gasteiger charge is 2.27. The molecule has 2 atom stereocenters. The topological polar surface area (TPSA) is 41.1 Å². The zero-order chi connectivity index (χ0) is 9.80. The normalized spacial score (nSPS) is 26.0. The molecule has 1 fully saturated rings. The molecule has 1 aromatic carbocycles. The maximum absolute atomic E-state index is 10.4. The highest BCUT2D eigenvalue weighted by atomic mass is 16.1. The van der Waals surface area contributed by atoms with E-state index in [2.05, 4.69) is 22.8 Å². The molecule has 1 amide bonds. The molecule has 3 heteroatoms. The van der Waals surface area contributed by atoms with Crippen LogP contribution in [0.3, 0.4) is 0 Å². The largest absolute Gasteiger partial charge is 0.354 e. The Morgan fingerprint density at radius 3 is 2.79 bits per heavy atom. The summed E-state index contributed by atoms with van der Waals surface area (Å²) in [7, 11) is 0. The van der Waals surface area contributed by atoms with Gasteiger partial charge in [0.15, 0.2) is 0 Å². The smallest absolute Gasteiger partial charge is 0.207 e. The second-order valence-corrected chi connectivity index (χ2v) is 3.57. The second kappa shape index (κ2) is 4.24. The minimum absolute atomic E-state index is 0.231. The van der Waals surface area contributed by atoms with Crippen LogP contribution < -0.4 is 10.6 Å². The van der Waals surface area contributed by atoms with Crippen LogP contribution in [0.2, 0.25) is 0 Å². The second-order valence-electron chi connectivity index (χ2n) is 3.57. The Kier molecular flexibility index (Phi) is 2.79. The minimum atomic E-state index is 0.231. The SMILES string of the molecule is O=CNC1CNCC1c1ccccc1.